The minimum atomic E-state index is -1.28. The Morgan fingerprint density at radius 3 is 2.44 bits per heavy atom. The number of pyridine rings is 3. The number of nitrogens with two attached hydrogens (primary N) is 1. The van der Waals surface area contributed by atoms with Crippen LogP contribution in [0.5, 0.6) is 5.75 Å². The summed E-state index contributed by atoms with van der Waals surface area (Å²) in [4.78, 5) is 41.2. The first-order valence-electron chi connectivity index (χ1n) is 11.5. The Balaban J connectivity index is 1.75. The van der Waals surface area contributed by atoms with Crippen molar-refractivity contribution in [3.8, 4) is 22.8 Å². The molecule has 4 aromatic heterocycles. The zero-order valence-corrected chi connectivity index (χ0v) is 22.0. The number of ether oxygens (including phenoxy) is 1. The molecule has 4 aromatic rings. The van der Waals surface area contributed by atoms with Gasteiger partial charge in [0.2, 0.25) is 5.91 Å². The zero-order valence-electron chi connectivity index (χ0n) is 21.2. The Labute approximate surface area is 225 Å². The normalized spacial score (nSPS) is 11.5. The molecule has 0 aliphatic heterocycles. The Morgan fingerprint density at radius 1 is 1.05 bits per heavy atom. The molecule has 4 heterocycles. The maximum Gasteiger partial charge on any atom is 0.277 e. The highest BCUT2D eigenvalue weighted by atomic mass is 35.5. The van der Waals surface area contributed by atoms with Gasteiger partial charge in [0.1, 0.15) is 45.8 Å². The smallest absolute Gasteiger partial charge is 0.277 e. The van der Waals surface area contributed by atoms with Crippen molar-refractivity contribution < 1.29 is 22.7 Å². The van der Waals surface area contributed by atoms with Crippen LogP contribution in [0.3, 0.4) is 0 Å². The molecule has 0 unspecified atom stereocenters. The van der Waals surface area contributed by atoms with Crippen molar-refractivity contribution in [2.24, 2.45) is 5.73 Å². The van der Waals surface area contributed by atoms with Crippen molar-refractivity contribution >= 4 is 17.5 Å². The van der Waals surface area contributed by atoms with Crippen molar-refractivity contribution in [2.45, 2.75) is 39.7 Å². The van der Waals surface area contributed by atoms with Crippen LogP contribution in [0.2, 0.25) is 5.02 Å². The second-order valence-electron chi connectivity index (χ2n) is 9.21. The van der Waals surface area contributed by atoms with Crippen LogP contribution < -0.4 is 16.0 Å². The SMILES string of the molecule is Cc1cnc(-c2nc(C(C)(C)C(N)=O)ncc2F)cc1-n1c(C)cc(OCc2ncc(F)cc2F)c(Cl)c1=O. The van der Waals surface area contributed by atoms with Gasteiger partial charge in [-0.15, -0.1) is 0 Å². The van der Waals surface area contributed by atoms with Gasteiger partial charge in [-0.3, -0.25) is 24.1 Å². The van der Waals surface area contributed by atoms with Gasteiger partial charge in [0.25, 0.3) is 5.56 Å². The van der Waals surface area contributed by atoms with Crippen LogP contribution in [0.25, 0.3) is 17.1 Å². The Kier molecular flexibility index (Phi) is 7.42. The monoisotopic (exact) mass is 558 g/mol. The predicted molar refractivity (Wildman–Crippen MR) is 136 cm³/mol. The molecule has 4 rings (SSSR count). The van der Waals surface area contributed by atoms with Crippen LogP contribution in [0.1, 0.15) is 36.6 Å². The van der Waals surface area contributed by atoms with Crippen molar-refractivity contribution in [3.63, 3.8) is 0 Å². The van der Waals surface area contributed by atoms with Gasteiger partial charge in [0, 0.05) is 24.0 Å². The lowest BCUT2D eigenvalue weighted by atomic mass is 9.91. The zero-order chi connectivity index (χ0) is 28.6. The number of aryl methyl sites for hydroxylation is 2. The molecule has 0 saturated heterocycles. The second-order valence-corrected chi connectivity index (χ2v) is 9.59. The molecule has 0 aromatic carbocycles. The van der Waals surface area contributed by atoms with Gasteiger partial charge in [0.15, 0.2) is 11.6 Å². The summed E-state index contributed by atoms with van der Waals surface area (Å²) in [5, 5.41) is -0.306. The quantitative estimate of drug-likeness (QED) is 0.362. The van der Waals surface area contributed by atoms with E-state index in [-0.39, 0.29) is 33.7 Å². The highest BCUT2D eigenvalue weighted by Crippen LogP contribution is 2.29. The average Bonchev–Trinajstić information content (AvgIpc) is 2.87. The number of carbonyl (C=O) groups excluding carboxylic acids is 1. The van der Waals surface area contributed by atoms with E-state index in [1.54, 1.807) is 13.8 Å². The van der Waals surface area contributed by atoms with Crippen molar-refractivity contribution in [1.29, 1.82) is 0 Å². The largest absolute Gasteiger partial charge is 0.485 e. The lowest BCUT2D eigenvalue weighted by molar-refractivity contribution is -0.122. The van der Waals surface area contributed by atoms with Crippen LogP contribution in [0.4, 0.5) is 13.2 Å². The minimum absolute atomic E-state index is 0.000277. The Bertz CT molecular complexity index is 1680. The number of amides is 1. The molecular weight excluding hydrogens is 537 g/mol. The molecule has 1 amide bonds. The second kappa shape index (κ2) is 10.4. The summed E-state index contributed by atoms with van der Waals surface area (Å²) in [7, 11) is 0. The fraction of sp³-hybridized carbons (Fsp3) is 0.231. The molecule has 39 heavy (non-hydrogen) atoms. The first kappa shape index (κ1) is 27.7. The Morgan fingerprint density at radius 2 is 1.77 bits per heavy atom. The standard InChI is InChI=1S/C26H22ClF3N6O3/c1-12-8-32-17(22-16(30)10-34-25(35-22)26(3,4)24(31)38)7-19(12)36-13(2)5-20(21(27)23(36)37)39-11-18-15(29)6-14(28)9-33-18/h5-10H,11H2,1-4H3,(H2,31,38). The van der Waals surface area contributed by atoms with Gasteiger partial charge in [0.05, 0.1) is 23.8 Å². The number of primary amides is 1. The summed E-state index contributed by atoms with van der Waals surface area (Å²) < 4.78 is 48.6. The summed E-state index contributed by atoms with van der Waals surface area (Å²) in [5.41, 5.74) is 4.47. The van der Waals surface area contributed by atoms with Gasteiger partial charge < -0.3 is 10.5 Å². The lowest BCUT2D eigenvalue weighted by Gasteiger charge is -2.19. The molecule has 13 heteroatoms. The maximum absolute atomic E-state index is 14.8. The first-order valence-corrected chi connectivity index (χ1v) is 11.8. The van der Waals surface area contributed by atoms with E-state index in [1.165, 1.54) is 36.7 Å². The fourth-order valence-electron chi connectivity index (χ4n) is 3.62. The van der Waals surface area contributed by atoms with Crippen LogP contribution >= 0.6 is 11.6 Å². The van der Waals surface area contributed by atoms with E-state index in [9.17, 15) is 22.8 Å². The van der Waals surface area contributed by atoms with Gasteiger partial charge in [-0.05, 0) is 39.3 Å². The summed E-state index contributed by atoms with van der Waals surface area (Å²) in [6.07, 6.45) is 3.19. The first-order chi connectivity index (χ1) is 18.3. The molecule has 0 aliphatic rings. The van der Waals surface area contributed by atoms with Gasteiger partial charge in [-0.25, -0.2) is 23.1 Å². The molecule has 0 aliphatic carbocycles. The molecule has 0 atom stereocenters. The summed E-state index contributed by atoms with van der Waals surface area (Å²) in [6.45, 7) is 5.92. The average molecular weight is 559 g/mol. The van der Waals surface area contributed by atoms with E-state index in [1.807, 2.05) is 0 Å². The fourth-order valence-corrected chi connectivity index (χ4v) is 3.82. The van der Waals surface area contributed by atoms with Crippen molar-refractivity contribution in [3.05, 3.63) is 92.4 Å². The number of hydrogen-bond donors (Lipinski definition) is 1. The molecule has 9 nitrogen and oxygen atoms in total. The third-order valence-electron chi connectivity index (χ3n) is 6.03. The lowest BCUT2D eigenvalue weighted by Crippen LogP contribution is -2.37. The molecule has 0 bridgehead atoms. The molecule has 202 valence electrons. The van der Waals surface area contributed by atoms with E-state index in [2.05, 4.69) is 19.9 Å². The van der Waals surface area contributed by atoms with E-state index >= 15 is 0 Å². The number of hydrogen-bond acceptors (Lipinski definition) is 7. The van der Waals surface area contributed by atoms with E-state index < -0.39 is 40.9 Å². The number of rotatable bonds is 7. The summed E-state index contributed by atoms with van der Waals surface area (Å²) in [5.74, 6) is -3.28. The number of aromatic nitrogens is 5. The van der Waals surface area contributed by atoms with E-state index in [0.29, 0.717) is 23.0 Å². The van der Waals surface area contributed by atoms with Crippen LogP contribution in [0.15, 0.2) is 41.6 Å². The van der Waals surface area contributed by atoms with Crippen LogP contribution in [-0.4, -0.2) is 30.4 Å². The third-order valence-corrected chi connectivity index (χ3v) is 6.37. The molecule has 0 radical (unpaired) electrons. The summed E-state index contributed by atoms with van der Waals surface area (Å²) >= 11 is 6.31. The molecular formula is C26H22ClF3N6O3. The topological polar surface area (TPSA) is 126 Å². The highest BCUT2D eigenvalue weighted by molar-refractivity contribution is 6.31. The summed E-state index contributed by atoms with van der Waals surface area (Å²) in [6, 6.07) is 3.58. The van der Waals surface area contributed by atoms with Gasteiger partial charge in [-0.2, -0.15) is 0 Å². The third kappa shape index (κ3) is 5.32. The molecule has 0 spiro atoms. The molecule has 2 N–H and O–H groups in total. The Hall–Kier alpha value is -4.32. The highest BCUT2D eigenvalue weighted by Gasteiger charge is 2.32. The minimum Gasteiger partial charge on any atom is -0.485 e. The van der Waals surface area contributed by atoms with E-state index in [4.69, 9.17) is 22.1 Å². The van der Waals surface area contributed by atoms with Gasteiger partial charge >= 0.3 is 0 Å². The van der Waals surface area contributed by atoms with Crippen LogP contribution in [-0.2, 0) is 16.8 Å². The van der Waals surface area contributed by atoms with Crippen molar-refractivity contribution in [2.75, 3.05) is 0 Å². The number of halogens is 4. The van der Waals surface area contributed by atoms with E-state index in [0.717, 1.165) is 12.4 Å². The predicted octanol–water partition coefficient (Wildman–Crippen LogP) is 4.11. The van der Waals surface area contributed by atoms with Crippen molar-refractivity contribution in [1.82, 2.24) is 24.5 Å². The number of nitrogens with zero attached hydrogens (tertiary/aromatic N) is 5. The number of carbonyl (C=O) groups is 1. The molecule has 0 saturated carbocycles. The van der Waals surface area contributed by atoms with Crippen LogP contribution in [0, 0.1) is 31.3 Å². The van der Waals surface area contributed by atoms with Gasteiger partial charge in [-0.1, -0.05) is 11.6 Å². The maximum atomic E-state index is 14.8. The molecule has 0 fully saturated rings.